The number of hydrogen-bond donors (Lipinski definition) is 1. The Morgan fingerprint density at radius 1 is 1.21 bits per heavy atom. The molecule has 0 bridgehead atoms. The van der Waals surface area contributed by atoms with Crippen molar-refractivity contribution in [2.75, 3.05) is 19.8 Å². The van der Waals surface area contributed by atoms with Crippen molar-refractivity contribution in [3.05, 3.63) is 24.0 Å². The van der Waals surface area contributed by atoms with Crippen molar-refractivity contribution in [1.29, 1.82) is 0 Å². The molecule has 0 radical (unpaired) electrons. The Morgan fingerprint density at radius 3 is 2.58 bits per heavy atom. The first-order chi connectivity index (χ1) is 9.01. The Balaban J connectivity index is 2.24. The third-order valence-electron chi connectivity index (χ3n) is 2.42. The van der Waals surface area contributed by atoms with Gasteiger partial charge in [0.15, 0.2) is 0 Å². The van der Waals surface area contributed by atoms with Crippen LogP contribution in [0.15, 0.2) is 18.3 Å². The van der Waals surface area contributed by atoms with Crippen molar-refractivity contribution in [2.24, 2.45) is 0 Å². The van der Waals surface area contributed by atoms with Gasteiger partial charge >= 0.3 is 0 Å². The minimum absolute atomic E-state index is 0.115. The molecule has 0 saturated heterocycles. The van der Waals surface area contributed by atoms with E-state index in [1.54, 1.807) is 6.20 Å². The van der Waals surface area contributed by atoms with Crippen LogP contribution in [0.4, 0.5) is 0 Å². The van der Waals surface area contributed by atoms with Crippen molar-refractivity contribution in [3.8, 4) is 5.75 Å². The lowest BCUT2D eigenvalue weighted by Gasteiger charge is -2.19. The minimum atomic E-state index is -0.115. The summed E-state index contributed by atoms with van der Waals surface area (Å²) < 4.78 is 11.2. The van der Waals surface area contributed by atoms with Crippen molar-refractivity contribution < 1.29 is 9.47 Å². The number of aromatic nitrogens is 1. The van der Waals surface area contributed by atoms with Crippen molar-refractivity contribution in [2.45, 2.75) is 46.3 Å². The van der Waals surface area contributed by atoms with Crippen LogP contribution < -0.4 is 10.1 Å². The van der Waals surface area contributed by atoms with Gasteiger partial charge in [-0.2, -0.15) is 0 Å². The lowest BCUT2D eigenvalue weighted by atomic mass is 10.2. The summed E-state index contributed by atoms with van der Waals surface area (Å²) in [5.41, 5.74) is 0.919. The fraction of sp³-hybridized carbons (Fsp3) is 0.667. The van der Waals surface area contributed by atoms with E-state index in [2.05, 4.69) is 17.2 Å². The average molecular weight is 266 g/mol. The van der Waals surface area contributed by atoms with Crippen LogP contribution in [-0.2, 0) is 11.3 Å². The zero-order valence-electron chi connectivity index (χ0n) is 12.5. The van der Waals surface area contributed by atoms with Crippen molar-refractivity contribution in [3.63, 3.8) is 0 Å². The number of nitrogens with zero attached hydrogens (tertiary/aromatic N) is 1. The second-order valence-corrected chi connectivity index (χ2v) is 5.47. The molecule has 1 rings (SSSR count). The first-order valence-corrected chi connectivity index (χ1v) is 6.93. The molecule has 0 aromatic carbocycles. The van der Waals surface area contributed by atoms with Gasteiger partial charge in [0, 0.05) is 6.54 Å². The molecule has 0 amide bonds. The summed E-state index contributed by atoms with van der Waals surface area (Å²) in [6.45, 7) is 11.2. The minimum Gasteiger partial charge on any atom is -0.490 e. The molecule has 0 aliphatic heterocycles. The summed E-state index contributed by atoms with van der Waals surface area (Å²) in [5, 5.41) is 3.32. The molecule has 0 saturated carbocycles. The van der Waals surface area contributed by atoms with Crippen molar-refractivity contribution >= 4 is 0 Å². The SMILES string of the molecule is CCCNCc1ccc(OCCOC(C)(C)C)cn1. The second-order valence-electron chi connectivity index (χ2n) is 5.47. The number of hydrogen-bond acceptors (Lipinski definition) is 4. The zero-order valence-corrected chi connectivity index (χ0v) is 12.5. The summed E-state index contributed by atoms with van der Waals surface area (Å²) in [5.74, 6) is 0.789. The second kappa shape index (κ2) is 8.12. The molecular formula is C15H26N2O2. The predicted molar refractivity (Wildman–Crippen MR) is 77.4 cm³/mol. The lowest BCUT2D eigenvalue weighted by molar-refractivity contribution is -0.0163. The van der Waals surface area contributed by atoms with Gasteiger partial charge in [-0.1, -0.05) is 6.92 Å². The Kier molecular flexibility index (Phi) is 6.81. The summed E-state index contributed by atoms with van der Waals surface area (Å²) in [4.78, 5) is 4.35. The first kappa shape index (κ1) is 15.9. The van der Waals surface area contributed by atoms with Crippen LogP contribution in [0.5, 0.6) is 5.75 Å². The van der Waals surface area contributed by atoms with Gasteiger partial charge in [0.25, 0.3) is 0 Å². The van der Waals surface area contributed by atoms with Crippen LogP contribution in [0.25, 0.3) is 0 Å². The van der Waals surface area contributed by atoms with Crippen LogP contribution in [0.2, 0.25) is 0 Å². The monoisotopic (exact) mass is 266 g/mol. The lowest BCUT2D eigenvalue weighted by Crippen LogP contribution is -2.22. The molecule has 4 nitrogen and oxygen atoms in total. The van der Waals surface area contributed by atoms with Gasteiger partial charge in [-0.15, -0.1) is 0 Å². The predicted octanol–water partition coefficient (Wildman–Crippen LogP) is 2.78. The quantitative estimate of drug-likeness (QED) is 0.735. The number of nitrogens with one attached hydrogen (secondary N) is 1. The topological polar surface area (TPSA) is 43.4 Å². The molecule has 1 heterocycles. The third-order valence-corrected chi connectivity index (χ3v) is 2.42. The van der Waals surface area contributed by atoms with E-state index in [0.29, 0.717) is 13.2 Å². The standard InChI is InChI=1S/C15H26N2O2/c1-5-8-16-11-13-6-7-14(12-17-13)18-9-10-19-15(2,3)4/h6-7,12,16H,5,8-11H2,1-4H3. The van der Waals surface area contributed by atoms with Crippen LogP contribution in [-0.4, -0.2) is 30.3 Å². The van der Waals surface area contributed by atoms with Gasteiger partial charge in [0.2, 0.25) is 0 Å². The maximum atomic E-state index is 5.58. The molecule has 0 aliphatic carbocycles. The highest BCUT2D eigenvalue weighted by Gasteiger charge is 2.09. The normalized spacial score (nSPS) is 11.6. The largest absolute Gasteiger partial charge is 0.490 e. The van der Waals surface area contributed by atoms with E-state index >= 15 is 0 Å². The summed E-state index contributed by atoms with van der Waals surface area (Å²) in [7, 11) is 0. The molecule has 1 aromatic rings. The Morgan fingerprint density at radius 2 is 2.00 bits per heavy atom. The molecule has 1 N–H and O–H groups in total. The Labute approximate surface area is 116 Å². The molecule has 19 heavy (non-hydrogen) atoms. The van der Waals surface area contributed by atoms with Gasteiger partial charge in [0.1, 0.15) is 12.4 Å². The van der Waals surface area contributed by atoms with E-state index in [-0.39, 0.29) is 5.60 Å². The van der Waals surface area contributed by atoms with Gasteiger partial charge < -0.3 is 14.8 Å². The van der Waals surface area contributed by atoms with E-state index in [4.69, 9.17) is 9.47 Å². The Bertz CT molecular complexity index is 344. The van der Waals surface area contributed by atoms with Gasteiger partial charge in [0.05, 0.1) is 24.1 Å². The van der Waals surface area contributed by atoms with Crippen LogP contribution in [0, 0.1) is 0 Å². The van der Waals surface area contributed by atoms with Crippen LogP contribution in [0.1, 0.15) is 39.8 Å². The van der Waals surface area contributed by atoms with Crippen LogP contribution >= 0.6 is 0 Å². The average Bonchev–Trinajstić information content (AvgIpc) is 2.36. The summed E-state index contributed by atoms with van der Waals surface area (Å²) in [6, 6.07) is 3.94. The van der Waals surface area contributed by atoms with Gasteiger partial charge in [-0.25, -0.2) is 0 Å². The first-order valence-electron chi connectivity index (χ1n) is 6.93. The highest BCUT2D eigenvalue weighted by atomic mass is 16.5. The number of rotatable bonds is 8. The van der Waals surface area contributed by atoms with Crippen LogP contribution in [0.3, 0.4) is 0 Å². The molecule has 1 aromatic heterocycles. The molecule has 0 atom stereocenters. The smallest absolute Gasteiger partial charge is 0.137 e. The zero-order chi connectivity index (χ0) is 14.1. The molecule has 4 heteroatoms. The van der Waals surface area contributed by atoms with Crippen molar-refractivity contribution in [1.82, 2.24) is 10.3 Å². The molecule has 0 spiro atoms. The molecule has 108 valence electrons. The fourth-order valence-electron chi connectivity index (χ4n) is 1.50. The molecular weight excluding hydrogens is 240 g/mol. The number of ether oxygens (including phenoxy) is 2. The summed E-state index contributed by atoms with van der Waals surface area (Å²) >= 11 is 0. The molecule has 0 fully saturated rings. The fourth-order valence-corrected chi connectivity index (χ4v) is 1.50. The van der Waals surface area contributed by atoms with E-state index in [9.17, 15) is 0 Å². The third kappa shape index (κ3) is 7.80. The maximum Gasteiger partial charge on any atom is 0.137 e. The number of pyridine rings is 1. The molecule has 0 aliphatic rings. The summed E-state index contributed by atoms with van der Waals surface area (Å²) in [6.07, 6.45) is 2.90. The van der Waals surface area contributed by atoms with Gasteiger partial charge in [-0.3, -0.25) is 4.98 Å². The maximum absolute atomic E-state index is 5.58. The van der Waals surface area contributed by atoms with E-state index in [0.717, 1.165) is 31.0 Å². The van der Waals surface area contributed by atoms with Gasteiger partial charge in [-0.05, 0) is 45.9 Å². The van der Waals surface area contributed by atoms with E-state index in [1.165, 1.54) is 0 Å². The Hall–Kier alpha value is -1.13. The highest BCUT2D eigenvalue weighted by Crippen LogP contribution is 2.10. The van der Waals surface area contributed by atoms with E-state index in [1.807, 2.05) is 32.9 Å². The van der Waals surface area contributed by atoms with E-state index < -0.39 is 0 Å². The molecule has 0 unspecified atom stereocenters. The highest BCUT2D eigenvalue weighted by molar-refractivity contribution is 5.19.